The minimum absolute atomic E-state index is 0.108. The largest absolute Gasteiger partial charge is 0.393 e. The molecule has 0 saturated carbocycles. The molecule has 0 aliphatic carbocycles. The molecule has 124 valence electrons. The summed E-state index contributed by atoms with van der Waals surface area (Å²) in [5, 5.41) is 14.6. The number of thiophene rings is 1. The van der Waals surface area contributed by atoms with Gasteiger partial charge in [-0.1, -0.05) is 0 Å². The van der Waals surface area contributed by atoms with Crippen molar-refractivity contribution in [3.05, 3.63) is 21.9 Å². The average Bonchev–Trinajstić information content (AvgIpc) is 2.91. The second kappa shape index (κ2) is 9.28. The number of aryl methyl sites for hydroxylation is 2. The molecule has 0 spiro atoms. The van der Waals surface area contributed by atoms with Gasteiger partial charge in [0, 0.05) is 30.9 Å². The number of amides is 1. The summed E-state index contributed by atoms with van der Waals surface area (Å²) in [6, 6.07) is 2.14. The summed E-state index contributed by atoms with van der Waals surface area (Å²) in [6.45, 7) is 5.87. The lowest BCUT2D eigenvalue weighted by molar-refractivity contribution is -0.121. The monoisotopic (exact) mass is 324 g/mol. The molecule has 1 saturated heterocycles. The van der Waals surface area contributed by atoms with Crippen LogP contribution in [0, 0.1) is 6.92 Å². The first-order valence-electron chi connectivity index (χ1n) is 8.35. The Hall–Kier alpha value is -0.910. The molecule has 0 aromatic carbocycles. The van der Waals surface area contributed by atoms with Crippen molar-refractivity contribution >= 4 is 17.2 Å². The van der Waals surface area contributed by atoms with Crippen molar-refractivity contribution in [1.29, 1.82) is 0 Å². The maximum Gasteiger partial charge on any atom is 0.220 e. The molecule has 2 N–H and O–H groups in total. The average molecular weight is 324 g/mol. The molecule has 0 bridgehead atoms. The van der Waals surface area contributed by atoms with Gasteiger partial charge < -0.3 is 15.3 Å². The molecule has 1 aliphatic heterocycles. The standard InChI is InChI=1S/C17H28N2O2S/c1-14-8-13-22-16(14)4-2-5-17(21)18-9-3-10-19-11-6-15(20)7-12-19/h8,13,15,20H,2-7,9-12H2,1H3,(H,18,21). The van der Waals surface area contributed by atoms with E-state index >= 15 is 0 Å². The lowest BCUT2D eigenvalue weighted by atomic mass is 10.1. The summed E-state index contributed by atoms with van der Waals surface area (Å²) in [7, 11) is 0. The summed E-state index contributed by atoms with van der Waals surface area (Å²) in [4.78, 5) is 15.6. The Morgan fingerprint density at radius 1 is 1.41 bits per heavy atom. The van der Waals surface area contributed by atoms with Crippen molar-refractivity contribution in [2.45, 2.75) is 51.6 Å². The summed E-state index contributed by atoms with van der Waals surface area (Å²) in [5.41, 5.74) is 1.34. The van der Waals surface area contributed by atoms with Gasteiger partial charge in [0.25, 0.3) is 0 Å². The molecule has 5 heteroatoms. The first-order chi connectivity index (χ1) is 10.6. The molecule has 1 aromatic heterocycles. The number of carbonyl (C=O) groups excluding carboxylic acids is 1. The number of aliphatic hydroxyl groups is 1. The van der Waals surface area contributed by atoms with Gasteiger partial charge in [-0.05, 0) is 62.6 Å². The lowest BCUT2D eigenvalue weighted by Gasteiger charge is -2.29. The molecule has 1 aliphatic rings. The van der Waals surface area contributed by atoms with Gasteiger partial charge in [-0.15, -0.1) is 11.3 Å². The Balaban J connectivity index is 1.48. The van der Waals surface area contributed by atoms with Crippen LogP contribution in [0.3, 0.4) is 0 Å². The van der Waals surface area contributed by atoms with Crippen molar-refractivity contribution in [3.8, 4) is 0 Å². The summed E-state index contributed by atoms with van der Waals surface area (Å²) in [6.07, 6.45) is 5.20. The van der Waals surface area contributed by atoms with E-state index in [9.17, 15) is 9.90 Å². The summed E-state index contributed by atoms with van der Waals surface area (Å²) >= 11 is 1.78. The number of aliphatic hydroxyl groups excluding tert-OH is 1. The maximum absolute atomic E-state index is 11.8. The highest BCUT2D eigenvalue weighted by Gasteiger charge is 2.16. The fraction of sp³-hybridized carbons (Fsp3) is 0.706. The highest BCUT2D eigenvalue weighted by molar-refractivity contribution is 7.10. The van der Waals surface area contributed by atoms with E-state index in [-0.39, 0.29) is 12.0 Å². The van der Waals surface area contributed by atoms with E-state index < -0.39 is 0 Å². The van der Waals surface area contributed by atoms with Gasteiger partial charge in [0.2, 0.25) is 5.91 Å². The topological polar surface area (TPSA) is 52.6 Å². The third-order valence-electron chi connectivity index (χ3n) is 4.31. The van der Waals surface area contributed by atoms with E-state index in [0.29, 0.717) is 6.42 Å². The molecule has 22 heavy (non-hydrogen) atoms. The van der Waals surface area contributed by atoms with Crippen molar-refractivity contribution in [2.75, 3.05) is 26.2 Å². The number of carbonyl (C=O) groups is 1. The van der Waals surface area contributed by atoms with Gasteiger partial charge in [-0.25, -0.2) is 0 Å². The Morgan fingerprint density at radius 2 is 2.18 bits per heavy atom. The van der Waals surface area contributed by atoms with Gasteiger partial charge in [0.15, 0.2) is 0 Å². The van der Waals surface area contributed by atoms with Gasteiger partial charge in [0.05, 0.1) is 6.10 Å². The van der Waals surface area contributed by atoms with Gasteiger partial charge >= 0.3 is 0 Å². The third kappa shape index (κ3) is 6.07. The number of hydrogen-bond acceptors (Lipinski definition) is 4. The molecular formula is C17H28N2O2S. The van der Waals surface area contributed by atoms with E-state index in [1.54, 1.807) is 11.3 Å². The molecule has 0 atom stereocenters. The number of likely N-dealkylation sites (tertiary alicyclic amines) is 1. The summed E-state index contributed by atoms with van der Waals surface area (Å²) in [5.74, 6) is 0.170. The Bertz CT molecular complexity index is 453. The normalized spacial score (nSPS) is 16.8. The Labute approximate surface area is 137 Å². The van der Waals surface area contributed by atoms with Crippen LogP contribution in [-0.4, -0.2) is 48.2 Å². The molecule has 2 rings (SSSR count). The third-order valence-corrected chi connectivity index (χ3v) is 5.39. The molecule has 0 radical (unpaired) electrons. The van der Waals surface area contributed by atoms with Crippen molar-refractivity contribution in [1.82, 2.24) is 10.2 Å². The van der Waals surface area contributed by atoms with E-state index in [1.807, 2.05) is 0 Å². The van der Waals surface area contributed by atoms with Crippen LogP contribution in [-0.2, 0) is 11.2 Å². The number of hydrogen-bond donors (Lipinski definition) is 2. The molecule has 1 amide bonds. The van der Waals surface area contributed by atoms with Crippen LogP contribution in [0.15, 0.2) is 11.4 Å². The number of piperidine rings is 1. The first-order valence-corrected chi connectivity index (χ1v) is 9.23. The number of nitrogens with one attached hydrogen (secondary N) is 1. The zero-order valence-electron chi connectivity index (χ0n) is 13.5. The molecular weight excluding hydrogens is 296 g/mol. The zero-order chi connectivity index (χ0) is 15.8. The van der Waals surface area contributed by atoms with E-state index in [2.05, 4.69) is 28.6 Å². The van der Waals surface area contributed by atoms with Crippen LogP contribution in [0.5, 0.6) is 0 Å². The van der Waals surface area contributed by atoms with Crippen LogP contribution < -0.4 is 5.32 Å². The van der Waals surface area contributed by atoms with Gasteiger partial charge in [-0.3, -0.25) is 4.79 Å². The molecule has 1 aromatic rings. The SMILES string of the molecule is Cc1ccsc1CCCC(=O)NCCCN1CCC(O)CC1. The fourth-order valence-corrected chi connectivity index (χ4v) is 3.78. The minimum Gasteiger partial charge on any atom is -0.393 e. The maximum atomic E-state index is 11.8. The van der Waals surface area contributed by atoms with E-state index in [0.717, 1.165) is 58.3 Å². The van der Waals surface area contributed by atoms with E-state index in [1.165, 1.54) is 10.4 Å². The Morgan fingerprint density at radius 3 is 2.86 bits per heavy atom. The second-order valence-corrected chi connectivity index (χ2v) is 7.16. The van der Waals surface area contributed by atoms with Crippen LogP contribution in [0.2, 0.25) is 0 Å². The Kier molecular flexibility index (Phi) is 7.36. The minimum atomic E-state index is -0.108. The van der Waals surface area contributed by atoms with Gasteiger partial charge in [-0.2, -0.15) is 0 Å². The van der Waals surface area contributed by atoms with Crippen molar-refractivity contribution in [2.24, 2.45) is 0 Å². The highest BCUT2D eigenvalue weighted by atomic mass is 32.1. The number of rotatable bonds is 8. The number of nitrogens with zero attached hydrogens (tertiary/aromatic N) is 1. The van der Waals surface area contributed by atoms with Crippen LogP contribution >= 0.6 is 11.3 Å². The predicted octanol–water partition coefficient (Wildman–Crippen LogP) is 2.34. The summed E-state index contributed by atoms with van der Waals surface area (Å²) < 4.78 is 0. The predicted molar refractivity (Wildman–Crippen MR) is 91.3 cm³/mol. The second-order valence-electron chi connectivity index (χ2n) is 6.16. The van der Waals surface area contributed by atoms with E-state index in [4.69, 9.17) is 0 Å². The van der Waals surface area contributed by atoms with Crippen molar-refractivity contribution in [3.63, 3.8) is 0 Å². The van der Waals surface area contributed by atoms with Crippen molar-refractivity contribution < 1.29 is 9.90 Å². The van der Waals surface area contributed by atoms with Gasteiger partial charge in [0.1, 0.15) is 0 Å². The molecule has 4 nitrogen and oxygen atoms in total. The lowest BCUT2D eigenvalue weighted by Crippen LogP contribution is -2.37. The zero-order valence-corrected chi connectivity index (χ0v) is 14.3. The smallest absolute Gasteiger partial charge is 0.220 e. The molecule has 1 fully saturated rings. The first kappa shape index (κ1) is 17.4. The highest BCUT2D eigenvalue weighted by Crippen LogP contribution is 2.17. The quantitative estimate of drug-likeness (QED) is 0.722. The fourth-order valence-electron chi connectivity index (χ4n) is 2.83. The van der Waals surface area contributed by atoms with Crippen LogP contribution in [0.25, 0.3) is 0 Å². The van der Waals surface area contributed by atoms with Crippen LogP contribution in [0.1, 0.15) is 42.5 Å². The van der Waals surface area contributed by atoms with Crippen LogP contribution in [0.4, 0.5) is 0 Å². The molecule has 0 unspecified atom stereocenters. The molecule has 2 heterocycles.